The quantitative estimate of drug-likeness (QED) is 0.187. The van der Waals surface area contributed by atoms with Gasteiger partial charge in [0, 0.05) is 22.2 Å². The minimum absolute atomic E-state index is 0.136. The molecular formula is C47H35N. The number of rotatable bonds is 5. The van der Waals surface area contributed by atoms with Crippen LogP contribution in [0.15, 0.2) is 176 Å². The highest BCUT2D eigenvalue weighted by Gasteiger charge is 2.38. The summed E-state index contributed by atoms with van der Waals surface area (Å²) in [5.74, 6) is 0. The second-order valence-corrected chi connectivity index (χ2v) is 13.4. The van der Waals surface area contributed by atoms with Crippen molar-refractivity contribution < 1.29 is 0 Å². The highest BCUT2D eigenvalue weighted by Crippen LogP contribution is 2.55. The topological polar surface area (TPSA) is 3.24 Å². The van der Waals surface area contributed by atoms with Gasteiger partial charge in [0.25, 0.3) is 0 Å². The van der Waals surface area contributed by atoms with Gasteiger partial charge in [0.2, 0.25) is 0 Å². The minimum Gasteiger partial charge on any atom is -0.309 e. The molecule has 0 N–H and O–H groups in total. The van der Waals surface area contributed by atoms with E-state index in [4.69, 9.17) is 0 Å². The van der Waals surface area contributed by atoms with Gasteiger partial charge in [0.05, 0.1) is 11.4 Å². The number of hydrogen-bond donors (Lipinski definition) is 0. The maximum Gasteiger partial charge on any atom is 0.0543 e. The predicted molar refractivity (Wildman–Crippen MR) is 205 cm³/mol. The van der Waals surface area contributed by atoms with E-state index in [1.165, 1.54) is 71.7 Å². The number of hydrogen-bond acceptors (Lipinski definition) is 1. The molecule has 0 atom stereocenters. The van der Waals surface area contributed by atoms with E-state index in [1.54, 1.807) is 0 Å². The van der Waals surface area contributed by atoms with Crippen molar-refractivity contribution in [3.8, 4) is 33.4 Å². The minimum atomic E-state index is -0.136. The lowest BCUT2D eigenvalue weighted by Crippen LogP contribution is -2.16. The maximum absolute atomic E-state index is 2.49. The van der Waals surface area contributed by atoms with Crippen molar-refractivity contribution in [2.75, 3.05) is 4.90 Å². The molecule has 1 aliphatic carbocycles. The fourth-order valence-electron chi connectivity index (χ4n) is 7.84. The van der Waals surface area contributed by atoms with E-state index in [9.17, 15) is 0 Å². The van der Waals surface area contributed by atoms with Gasteiger partial charge in [-0.15, -0.1) is 0 Å². The Morgan fingerprint density at radius 2 is 0.979 bits per heavy atom. The largest absolute Gasteiger partial charge is 0.309 e. The van der Waals surface area contributed by atoms with Crippen molar-refractivity contribution >= 4 is 38.6 Å². The molecule has 0 unspecified atom stereocenters. The molecule has 1 nitrogen and oxygen atoms in total. The average Bonchev–Trinajstić information content (AvgIpc) is 3.37. The highest BCUT2D eigenvalue weighted by atomic mass is 15.1. The molecule has 0 aliphatic heterocycles. The Hall–Kier alpha value is -5.92. The van der Waals surface area contributed by atoms with Gasteiger partial charge in [-0.2, -0.15) is 0 Å². The van der Waals surface area contributed by atoms with E-state index >= 15 is 0 Å². The summed E-state index contributed by atoms with van der Waals surface area (Å²) < 4.78 is 0. The van der Waals surface area contributed by atoms with E-state index in [0.717, 1.165) is 11.4 Å². The number of nitrogens with zero attached hydrogens (tertiary/aromatic N) is 1. The van der Waals surface area contributed by atoms with E-state index < -0.39 is 0 Å². The normalized spacial score (nSPS) is 13.0. The summed E-state index contributed by atoms with van der Waals surface area (Å²) in [5, 5.41) is 5.05. The molecule has 0 spiro atoms. The van der Waals surface area contributed by atoms with Crippen molar-refractivity contribution in [2.45, 2.75) is 19.3 Å². The van der Waals surface area contributed by atoms with E-state index in [0.29, 0.717) is 0 Å². The fraction of sp³-hybridized carbons (Fsp3) is 0.0638. The van der Waals surface area contributed by atoms with Crippen molar-refractivity contribution in [3.05, 3.63) is 187 Å². The van der Waals surface area contributed by atoms with E-state index in [2.05, 4.69) is 195 Å². The first-order valence-corrected chi connectivity index (χ1v) is 16.8. The molecule has 0 fully saturated rings. The first-order valence-electron chi connectivity index (χ1n) is 16.8. The van der Waals surface area contributed by atoms with Crippen molar-refractivity contribution in [2.24, 2.45) is 0 Å². The van der Waals surface area contributed by atoms with Crippen LogP contribution >= 0.6 is 0 Å². The van der Waals surface area contributed by atoms with Gasteiger partial charge in [0.1, 0.15) is 0 Å². The second kappa shape index (κ2) is 11.1. The first kappa shape index (κ1) is 28.3. The zero-order valence-electron chi connectivity index (χ0n) is 27.2. The molecule has 1 heteroatoms. The molecule has 0 saturated heterocycles. The van der Waals surface area contributed by atoms with Crippen LogP contribution in [0.1, 0.15) is 25.0 Å². The second-order valence-electron chi connectivity index (χ2n) is 13.4. The third-order valence-corrected chi connectivity index (χ3v) is 10.2. The van der Waals surface area contributed by atoms with Crippen molar-refractivity contribution in [1.82, 2.24) is 0 Å². The summed E-state index contributed by atoms with van der Waals surface area (Å²) in [7, 11) is 0. The van der Waals surface area contributed by atoms with Gasteiger partial charge in [-0.25, -0.2) is 0 Å². The van der Waals surface area contributed by atoms with Crippen LogP contribution in [0.5, 0.6) is 0 Å². The summed E-state index contributed by atoms with van der Waals surface area (Å²) in [4.78, 5) is 2.49. The third kappa shape index (κ3) is 4.47. The molecule has 8 aromatic rings. The predicted octanol–water partition coefficient (Wildman–Crippen LogP) is 13.1. The fourth-order valence-corrected chi connectivity index (χ4v) is 7.84. The monoisotopic (exact) mass is 613 g/mol. The molecule has 0 bridgehead atoms. The Bertz CT molecular complexity index is 2460. The lowest BCUT2D eigenvalue weighted by molar-refractivity contribution is 0.661. The molecular weight excluding hydrogens is 579 g/mol. The van der Waals surface area contributed by atoms with Crippen LogP contribution < -0.4 is 4.90 Å². The Morgan fingerprint density at radius 1 is 0.396 bits per heavy atom. The van der Waals surface area contributed by atoms with E-state index in [-0.39, 0.29) is 5.41 Å². The van der Waals surface area contributed by atoms with E-state index in [1.807, 2.05) is 0 Å². The van der Waals surface area contributed by atoms with Crippen LogP contribution in [0.2, 0.25) is 0 Å². The summed E-state index contributed by atoms with van der Waals surface area (Å²) in [5.41, 5.74) is 13.6. The maximum atomic E-state index is 2.49. The molecule has 0 aromatic heterocycles. The van der Waals surface area contributed by atoms with Crippen LogP contribution in [0, 0.1) is 0 Å². The summed E-state index contributed by atoms with van der Waals surface area (Å²) >= 11 is 0. The lowest BCUT2D eigenvalue weighted by Gasteiger charge is -2.31. The van der Waals surface area contributed by atoms with Crippen molar-refractivity contribution in [1.29, 1.82) is 0 Å². The third-order valence-electron chi connectivity index (χ3n) is 10.2. The Morgan fingerprint density at radius 3 is 1.79 bits per heavy atom. The molecule has 48 heavy (non-hydrogen) atoms. The van der Waals surface area contributed by atoms with Crippen molar-refractivity contribution in [3.63, 3.8) is 0 Å². The summed E-state index contributed by atoms with van der Waals surface area (Å²) in [6.45, 7) is 4.75. The first-order chi connectivity index (χ1) is 23.6. The van der Waals surface area contributed by atoms with Crippen LogP contribution in [-0.2, 0) is 5.41 Å². The highest BCUT2D eigenvalue weighted by molar-refractivity contribution is 6.04. The Balaban J connectivity index is 1.32. The van der Waals surface area contributed by atoms with Crippen LogP contribution in [-0.4, -0.2) is 0 Å². The van der Waals surface area contributed by atoms with Crippen LogP contribution in [0.25, 0.3) is 54.9 Å². The van der Waals surface area contributed by atoms with Gasteiger partial charge in [-0.05, 0) is 91.3 Å². The molecule has 228 valence electrons. The van der Waals surface area contributed by atoms with Crippen LogP contribution in [0.3, 0.4) is 0 Å². The average molecular weight is 614 g/mol. The standard InChI is InChI=1S/C47H35N/c1-47(2)42-23-13-25-45(46(42)41-30-35-17-6-7-18-36(35)31-43(41)47)48(37-28-26-33(27-29-37)32-14-4-3-5-15-32)44-24-11-10-21-40(44)39-22-12-19-34-16-8-9-20-38(34)39/h3-31H,1-2H3. The molecule has 0 heterocycles. The molecule has 9 rings (SSSR count). The van der Waals surface area contributed by atoms with Gasteiger partial charge in [-0.3, -0.25) is 0 Å². The number of para-hydroxylation sites is 1. The smallest absolute Gasteiger partial charge is 0.0543 e. The number of fused-ring (bicyclic) bond motifs is 5. The molecule has 0 radical (unpaired) electrons. The van der Waals surface area contributed by atoms with Gasteiger partial charge >= 0.3 is 0 Å². The lowest BCUT2D eigenvalue weighted by atomic mass is 9.82. The molecule has 0 amide bonds. The summed E-state index contributed by atoms with van der Waals surface area (Å²) in [6, 6.07) is 64.4. The zero-order valence-corrected chi connectivity index (χ0v) is 27.2. The molecule has 1 aliphatic rings. The van der Waals surface area contributed by atoms with Crippen LogP contribution in [0.4, 0.5) is 17.1 Å². The Labute approximate surface area is 282 Å². The number of benzene rings is 8. The Kier molecular flexibility index (Phi) is 6.55. The number of anilines is 3. The summed E-state index contributed by atoms with van der Waals surface area (Å²) in [6.07, 6.45) is 0. The SMILES string of the molecule is CC1(C)c2cc3ccccc3cc2-c2c(N(c3ccc(-c4ccccc4)cc3)c3ccccc3-c3cccc4ccccc34)cccc21. The molecule has 0 saturated carbocycles. The molecule has 8 aromatic carbocycles. The zero-order chi connectivity index (χ0) is 32.2. The van der Waals surface area contributed by atoms with Gasteiger partial charge in [0.15, 0.2) is 0 Å². The van der Waals surface area contributed by atoms with Gasteiger partial charge < -0.3 is 4.90 Å². The van der Waals surface area contributed by atoms with Gasteiger partial charge in [-0.1, -0.05) is 153 Å².